The van der Waals surface area contributed by atoms with Gasteiger partial charge in [0.05, 0.1) is 17.7 Å². The van der Waals surface area contributed by atoms with Crippen LogP contribution in [0.4, 0.5) is 5.69 Å². The van der Waals surface area contributed by atoms with Gasteiger partial charge in [0.15, 0.2) is 0 Å². The second kappa shape index (κ2) is 7.43. The molecule has 1 amide bonds. The summed E-state index contributed by atoms with van der Waals surface area (Å²) in [4.78, 5) is 11.9. The first-order chi connectivity index (χ1) is 11.0. The van der Waals surface area contributed by atoms with Crippen LogP contribution in [0.25, 0.3) is 0 Å². The standard InChI is InChI=1S/C16H20N2O4S/c1-3-4-5-6-16(19)17-14-11-13(9-10-15(14)22-2)23(20,21)18-12-7-8-12/h3-6,9-12,18H,7-8H2,1-2H3,(H,17,19)/b4-3+,6-5+. The van der Waals surface area contributed by atoms with E-state index < -0.39 is 10.0 Å². The van der Waals surface area contributed by atoms with Crippen molar-refractivity contribution in [2.45, 2.75) is 30.7 Å². The van der Waals surface area contributed by atoms with Gasteiger partial charge in [-0.1, -0.05) is 18.2 Å². The van der Waals surface area contributed by atoms with Crippen LogP contribution in [-0.2, 0) is 14.8 Å². The Kier molecular flexibility index (Phi) is 5.57. The Bertz CT molecular complexity index is 734. The normalized spacial score (nSPS) is 15.2. The van der Waals surface area contributed by atoms with Crippen molar-refractivity contribution in [1.29, 1.82) is 0 Å². The molecule has 1 saturated carbocycles. The third kappa shape index (κ3) is 4.94. The topological polar surface area (TPSA) is 84.5 Å². The number of ether oxygens (including phenoxy) is 1. The van der Waals surface area contributed by atoms with Gasteiger partial charge in [-0.25, -0.2) is 13.1 Å². The van der Waals surface area contributed by atoms with Crippen molar-refractivity contribution in [3.05, 3.63) is 42.5 Å². The number of carbonyl (C=O) groups excluding carboxylic acids is 1. The Morgan fingerprint density at radius 1 is 1.30 bits per heavy atom. The lowest BCUT2D eigenvalue weighted by Gasteiger charge is -2.12. The number of hydrogen-bond donors (Lipinski definition) is 2. The zero-order chi connectivity index (χ0) is 16.9. The van der Waals surface area contributed by atoms with Gasteiger partial charge < -0.3 is 10.1 Å². The van der Waals surface area contributed by atoms with Crippen LogP contribution in [0.5, 0.6) is 5.75 Å². The first kappa shape index (κ1) is 17.2. The molecule has 0 saturated heterocycles. The highest BCUT2D eigenvalue weighted by Gasteiger charge is 2.28. The Morgan fingerprint density at radius 2 is 2.04 bits per heavy atom. The van der Waals surface area contributed by atoms with Crippen LogP contribution < -0.4 is 14.8 Å². The molecule has 0 aromatic heterocycles. The van der Waals surface area contributed by atoms with E-state index in [9.17, 15) is 13.2 Å². The van der Waals surface area contributed by atoms with Crippen LogP contribution >= 0.6 is 0 Å². The molecule has 0 unspecified atom stereocenters. The molecule has 1 aromatic rings. The second-order valence-corrected chi connectivity index (χ2v) is 6.85. The molecule has 1 aromatic carbocycles. The third-order valence-electron chi connectivity index (χ3n) is 3.19. The Balaban J connectivity index is 2.23. The molecule has 23 heavy (non-hydrogen) atoms. The highest BCUT2D eigenvalue weighted by atomic mass is 32.2. The fourth-order valence-corrected chi connectivity index (χ4v) is 3.20. The van der Waals surface area contributed by atoms with Gasteiger partial charge in [0, 0.05) is 12.1 Å². The van der Waals surface area contributed by atoms with Gasteiger partial charge in [-0.15, -0.1) is 0 Å². The van der Waals surface area contributed by atoms with E-state index >= 15 is 0 Å². The molecular weight excluding hydrogens is 316 g/mol. The summed E-state index contributed by atoms with van der Waals surface area (Å²) in [6, 6.07) is 4.39. The number of methoxy groups -OCH3 is 1. The summed E-state index contributed by atoms with van der Waals surface area (Å²) in [6.07, 6.45) is 8.17. The molecule has 1 aliphatic rings. The molecule has 2 rings (SSSR count). The molecule has 1 aliphatic carbocycles. The van der Waals surface area contributed by atoms with Gasteiger partial charge >= 0.3 is 0 Å². The molecule has 0 heterocycles. The van der Waals surface area contributed by atoms with Crippen LogP contribution in [0.15, 0.2) is 47.4 Å². The van der Waals surface area contributed by atoms with E-state index in [4.69, 9.17) is 4.74 Å². The third-order valence-corrected chi connectivity index (χ3v) is 4.71. The second-order valence-electron chi connectivity index (χ2n) is 5.13. The summed E-state index contributed by atoms with van der Waals surface area (Å²) in [5.41, 5.74) is 0.307. The van der Waals surface area contributed by atoms with Crippen LogP contribution in [0.2, 0.25) is 0 Å². The number of rotatable bonds is 7. The van der Waals surface area contributed by atoms with Crippen molar-refractivity contribution < 1.29 is 17.9 Å². The Hall–Kier alpha value is -2.12. The van der Waals surface area contributed by atoms with Crippen LogP contribution in [0.1, 0.15) is 19.8 Å². The minimum Gasteiger partial charge on any atom is -0.495 e. The fourth-order valence-electron chi connectivity index (χ4n) is 1.87. The van der Waals surface area contributed by atoms with Crippen molar-refractivity contribution >= 4 is 21.6 Å². The summed E-state index contributed by atoms with van der Waals surface area (Å²) in [5.74, 6) is 0.0225. The van der Waals surface area contributed by atoms with Gasteiger partial charge in [0.25, 0.3) is 0 Å². The Morgan fingerprint density at radius 3 is 2.65 bits per heavy atom. The van der Waals surface area contributed by atoms with Gasteiger partial charge in [-0.2, -0.15) is 0 Å². The number of amides is 1. The molecule has 0 spiro atoms. The SMILES string of the molecule is C/C=C/C=C/C(=O)Nc1cc(S(=O)(=O)NC2CC2)ccc1OC. The van der Waals surface area contributed by atoms with E-state index in [0.29, 0.717) is 11.4 Å². The zero-order valence-corrected chi connectivity index (χ0v) is 13.9. The molecule has 7 heteroatoms. The molecular formula is C16H20N2O4S. The first-order valence-corrected chi connectivity index (χ1v) is 8.75. The van der Waals surface area contributed by atoms with Crippen molar-refractivity contribution in [2.24, 2.45) is 0 Å². The van der Waals surface area contributed by atoms with Crippen LogP contribution in [-0.4, -0.2) is 27.5 Å². The van der Waals surface area contributed by atoms with Crippen molar-refractivity contribution in [1.82, 2.24) is 4.72 Å². The van der Waals surface area contributed by atoms with Gasteiger partial charge in [0.2, 0.25) is 15.9 Å². The van der Waals surface area contributed by atoms with Crippen LogP contribution in [0, 0.1) is 0 Å². The lowest BCUT2D eigenvalue weighted by molar-refractivity contribution is -0.111. The zero-order valence-electron chi connectivity index (χ0n) is 13.1. The minimum absolute atomic E-state index is 0.0175. The quantitative estimate of drug-likeness (QED) is 0.590. The minimum atomic E-state index is -3.59. The number of sulfonamides is 1. The van der Waals surface area contributed by atoms with E-state index in [1.54, 1.807) is 18.2 Å². The maximum atomic E-state index is 12.2. The first-order valence-electron chi connectivity index (χ1n) is 7.27. The molecule has 0 radical (unpaired) electrons. The number of benzene rings is 1. The maximum Gasteiger partial charge on any atom is 0.248 e. The predicted octanol–water partition coefficient (Wildman–Crippen LogP) is 2.21. The number of carbonyl (C=O) groups is 1. The van der Waals surface area contributed by atoms with E-state index in [-0.39, 0.29) is 16.8 Å². The van der Waals surface area contributed by atoms with Gasteiger partial charge in [-0.05, 0) is 38.0 Å². The summed E-state index contributed by atoms with van der Waals surface area (Å²) in [6.45, 7) is 1.84. The largest absolute Gasteiger partial charge is 0.495 e. The molecule has 6 nitrogen and oxygen atoms in total. The molecule has 2 N–H and O–H groups in total. The highest BCUT2D eigenvalue weighted by molar-refractivity contribution is 7.89. The van der Waals surface area contributed by atoms with Gasteiger partial charge in [-0.3, -0.25) is 4.79 Å². The molecule has 0 bridgehead atoms. The number of anilines is 1. The van der Waals surface area contributed by atoms with E-state index in [2.05, 4.69) is 10.0 Å². The summed E-state index contributed by atoms with van der Waals surface area (Å²) in [5, 5.41) is 2.62. The lowest BCUT2D eigenvalue weighted by Crippen LogP contribution is -2.25. The smallest absolute Gasteiger partial charge is 0.248 e. The average Bonchev–Trinajstić information content (AvgIpc) is 3.30. The molecule has 1 fully saturated rings. The molecule has 0 aliphatic heterocycles. The Labute approximate surface area is 136 Å². The molecule has 124 valence electrons. The fraction of sp³-hybridized carbons (Fsp3) is 0.312. The van der Waals surface area contributed by atoms with E-state index in [0.717, 1.165) is 12.8 Å². The summed E-state index contributed by atoms with van der Waals surface area (Å²) >= 11 is 0. The van der Waals surface area contributed by atoms with Crippen molar-refractivity contribution in [3.8, 4) is 5.75 Å². The van der Waals surface area contributed by atoms with E-state index in [1.807, 2.05) is 6.92 Å². The average molecular weight is 336 g/mol. The summed E-state index contributed by atoms with van der Waals surface area (Å²) in [7, 11) is -2.13. The van der Waals surface area contributed by atoms with E-state index in [1.165, 1.54) is 31.4 Å². The lowest BCUT2D eigenvalue weighted by atomic mass is 10.3. The number of hydrogen-bond acceptors (Lipinski definition) is 4. The maximum absolute atomic E-state index is 12.2. The molecule has 0 atom stereocenters. The van der Waals surface area contributed by atoms with Crippen molar-refractivity contribution in [2.75, 3.05) is 12.4 Å². The van der Waals surface area contributed by atoms with Crippen LogP contribution in [0.3, 0.4) is 0 Å². The predicted molar refractivity (Wildman–Crippen MR) is 88.9 cm³/mol. The van der Waals surface area contributed by atoms with Gasteiger partial charge in [0.1, 0.15) is 5.75 Å². The van der Waals surface area contributed by atoms with Crippen molar-refractivity contribution in [3.63, 3.8) is 0 Å². The monoisotopic (exact) mass is 336 g/mol. The number of allylic oxidation sites excluding steroid dienone is 3. The number of nitrogens with one attached hydrogen (secondary N) is 2. The summed E-state index contributed by atoms with van der Waals surface area (Å²) < 4.78 is 32.3. The highest BCUT2D eigenvalue weighted by Crippen LogP contribution is 2.29.